The highest BCUT2D eigenvalue weighted by molar-refractivity contribution is 6.00. The van der Waals surface area contributed by atoms with Gasteiger partial charge in [0.1, 0.15) is 11.6 Å². The molecule has 120 valence electrons. The van der Waals surface area contributed by atoms with Crippen molar-refractivity contribution in [3.63, 3.8) is 0 Å². The Balaban J connectivity index is 2.30. The molecule has 1 saturated heterocycles. The topological polar surface area (TPSA) is 49.4 Å². The summed E-state index contributed by atoms with van der Waals surface area (Å²) in [6, 6.07) is -0.400. The fraction of sp³-hybridized carbons (Fsp3) is 0.882. The molecule has 4 nitrogen and oxygen atoms in total. The second-order valence-corrected chi connectivity index (χ2v) is 8.18. The molecule has 1 unspecified atom stereocenters. The van der Waals surface area contributed by atoms with Crippen LogP contribution >= 0.6 is 0 Å². The van der Waals surface area contributed by atoms with Gasteiger partial charge in [0, 0.05) is 6.54 Å². The smallest absolute Gasteiger partial charge is 0.246 e. The maximum atomic E-state index is 13.0. The molecule has 2 rings (SSSR count). The lowest BCUT2D eigenvalue weighted by atomic mass is 9.80. The van der Waals surface area contributed by atoms with E-state index in [9.17, 15) is 9.59 Å². The van der Waals surface area contributed by atoms with Crippen LogP contribution in [-0.2, 0) is 9.59 Å². The first-order chi connectivity index (χ1) is 9.68. The highest BCUT2D eigenvalue weighted by Gasteiger charge is 2.55. The molecule has 2 aliphatic rings. The maximum Gasteiger partial charge on any atom is 0.246 e. The standard InChI is InChI=1S/C17H30N2O2/c1-12(2)8-11-19-14(20)13(16(3,4)5)18-15(21)17(19)9-6-7-10-17/h12-13H,6-11H2,1-5H3,(H,18,21). The lowest BCUT2D eigenvalue weighted by Gasteiger charge is -2.49. The van der Waals surface area contributed by atoms with Crippen molar-refractivity contribution in [2.24, 2.45) is 11.3 Å². The molecule has 2 amide bonds. The summed E-state index contributed by atoms with van der Waals surface area (Å²) < 4.78 is 0. The molecule has 4 heteroatoms. The SMILES string of the molecule is CC(C)CCN1C(=O)C(C(C)(C)C)NC(=O)C12CCCC2. The van der Waals surface area contributed by atoms with E-state index < -0.39 is 11.6 Å². The van der Waals surface area contributed by atoms with Crippen LogP contribution in [0.15, 0.2) is 0 Å². The highest BCUT2D eigenvalue weighted by atomic mass is 16.2. The third kappa shape index (κ3) is 2.95. The van der Waals surface area contributed by atoms with Crippen molar-refractivity contribution in [3.8, 4) is 0 Å². The first-order valence-electron chi connectivity index (χ1n) is 8.31. The van der Waals surface area contributed by atoms with Crippen molar-refractivity contribution in [1.82, 2.24) is 10.2 Å². The van der Waals surface area contributed by atoms with Gasteiger partial charge in [-0.2, -0.15) is 0 Å². The van der Waals surface area contributed by atoms with E-state index in [1.807, 2.05) is 25.7 Å². The van der Waals surface area contributed by atoms with Gasteiger partial charge in [0.2, 0.25) is 11.8 Å². The Morgan fingerprint density at radius 1 is 1.24 bits per heavy atom. The van der Waals surface area contributed by atoms with Crippen molar-refractivity contribution in [2.45, 2.75) is 78.3 Å². The number of nitrogens with zero attached hydrogens (tertiary/aromatic N) is 1. The number of nitrogens with one attached hydrogen (secondary N) is 1. The van der Waals surface area contributed by atoms with Crippen LogP contribution in [0.25, 0.3) is 0 Å². The summed E-state index contributed by atoms with van der Waals surface area (Å²) in [6.45, 7) is 11.1. The fourth-order valence-corrected chi connectivity index (χ4v) is 3.57. The fourth-order valence-electron chi connectivity index (χ4n) is 3.57. The van der Waals surface area contributed by atoms with Crippen LogP contribution in [0.2, 0.25) is 0 Å². The van der Waals surface area contributed by atoms with Crippen LogP contribution in [0.1, 0.15) is 66.7 Å². The van der Waals surface area contributed by atoms with Gasteiger partial charge in [-0.25, -0.2) is 0 Å². The first-order valence-corrected chi connectivity index (χ1v) is 8.31. The summed E-state index contributed by atoms with van der Waals surface area (Å²) in [6.07, 6.45) is 4.68. The van der Waals surface area contributed by atoms with Gasteiger partial charge in [-0.15, -0.1) is 0 Å². The van der Waals surface area contributed by atoms with Gasteiger partial charge in [-0.05, 0) is 30.6 Å². The summed E-state index contributed by atoms with van der Waals surface area (Å²) in [5.41, 5.74) is -0.809. The molecule has 1 spiro atoms. The summed E-state index contributed by atoms with van der Waals surface area (Å²) in [4.78, 5) is 27.7. The van der Waals surface area contributed by atoms with Gasteiger partial charge in [-0.3, -0.25) is 9.59 Å². The van der Waals surface area contributed by atoms with Crippen LogP contribution in [0.3, 0.4) is 0 Å². The number of piperazine rings is 1. The normalized spacial score (nSPS) is 25.8. The molecule has 1 heterocycles. The van der Waals surface area contributed by atoms with Crippen molar-refractivity contribution in [1.29, 1.82) is 0 Å². The predicted octanol–water partition coefficient (Wildman–Crippen LogP) is 2.72. The second kappa shape index (κ2) is 5.62. The molecule has 0 aromatic rings. The molecule has 0 aromatic heterocycles. The number of carbonyl (C=O) groups excluding carboxylic acids is 2. The zero-order valence-corrected chi connectivity index (χ0v) is 14.2. The quantitative estimate of drug-likeness (QED) is 0.870. The first kappa shape index (κ1) is 16.3. The Labute approximate surface area is 128 Å². The molecule has 0 radical (unpaired) electrons. The Hall–Kier alpha value is -1.06. The third-order valence-electron chi connectivity index (χ3n) is 4.95. The van der Waals surface area contributed by atoms with Gasteiger partial charge in [0.15, 0.2) is 0 Å². The van der Waals surface area contributed by atoms with Gasteiger partial charge in [0.05, 0.1) is 0 Å². The monoisotopic (exact) mass is 294 g/mol. The van der Waals surface area contributed by atoms with E-state index in [2.05, 4.69) is 19.2 Å². The highest BCUT2D eigenvalue weighted by Crippen LogP contribution is 2.40. The van der Waals surface area contributed by atoms with Crippen molar-refractivity contribution in [3.05, 3.63) is 0 Å². The van der Waals surface area contributed by atoms with Crippen molar-refractivity contribution in [2.75, 3.05) is 6.54 Å². The van der Waals surface area contributed by atoms with Crippen molar-refractivity contribution >= 4 is 11.8 Å². The molecule has 1 N–H and O–H groups in total. The van der Waals surface area contributed by atoms with Gasteiger partial charge >= 0.3 is 0 Å². The summed E-state index contributed by atoms with van der Waals surface area (Å²) in [5.74, 6) is 0.724. The number of carbonyl (C=O) groups is 2. The molecular formula is C17H30N2O2. The predicted molar refractivity (Wildman–Crippen MR) is 83.8 cm³/mol. The van der Waals surface area contributed by atoms with E-state index in [-0.39, 0.29) is 17.2 Å². The Bertz CT molecular complexity index is 417. The Morgan fingerprint density at radius 3 is 2.29 bits per heavy atom. The molecule has 0 bridgehead atoms. The van der Waals surface area contributed by atoms with Gasteiger partial charge < -0.3 is 10.2 Å². The van der Waals surface area contributed by atoms with E-state index in [1.54, 1.807) is 0 Å². The zero-order valence-electron chi connectivity index (χ0n) is 14.2. The second-order valence-electron chi connectivity index (χ2n) is 8.18. The Morgan fingerprint density at radius 2 is 1.81 bits per heavy atom. The molecule has 21 heavy (non-hydrogen) atoms. The minimum atomic E-state index is -0.562. The van der Waals surface area contributed by atoms with Crippen LogP contribution in [0, 0.1) is 11.3 Å². The Kier molecular flexibility index (Phi) is 4.36. The average molecular weight is 294 g/mol. The number of rotatable bonds is 3. The van der Waals surface area contributed by atoms with E-state index >= 15 is 0 Å². The lowest BCUT2D eigenvalue weighted by Crippen LogP contribution is -2.72. The lowest BCUT2D eigenvalue weighted by molar-refractivity contribution is -0.160. The van der Waals surface area contributed by atoms with Crippen LogP contribution in [-0.4, -0.2) is 34.8 Å². The van der Waals surface area contributed by atoms with E-state index in [0.717, 1.165) is 32.1 Å². The van der Waals surface area contributed by atoms with E-state index in [1.165, 1.54) is 0 Å². The number of amides is 2. The molecule has 1 aliphatic carbocycles. The zero-order chi connectivity index (χ0) is 15.8. The minimum absolute atomic E-state index is 0.0725. The van der Waals surface area contributed by atoms with E-state index in [4.69, 9.17) is 0 Å². The largest absolute Gasteiger partial charge is 0.342 e. The van der Waals surface area contributed by atoms with Gasteiger partial charge in [-0.1, -0.05) is 47.5 Å². The molecule has 2 fully saturated rings. The van der Waals surface area contributed by atoms with Gasteiger partial charge in [0.25, 0.3) is 0 Å². The van der Waals surface area contributed by atoms with Crippen molar-refractivity contribution < 1.29 is 9.59 Å². The van der Waals surface area contributed by atoms with Crippen LogP contribution in [0.4, 0.5) is 0 Å². The molecular weight excluding hydrogens is 264 g/mol. The third-order valence-corrected chi connectivity index (χ3v) is 4.95. The summed E-state index contributed by atoms with van der Waals surface area (Å²) in [5, 5.41) is 3.03. The molecule has 1 aliphatic heterocycles. The summed E-state index contributed by atoms with van der Waals surface area (Å²) in [7, 11) is 0. The number of hydrogen-bond donors (Lipinski definition) is 1. The van der Waals surface area contributed by atoms with E-state index in [0.29, 0.717) is 12.5 Å². The molecule has 1 saturated carbocycles. The van der Waals surface area contributed by atoms with Crippen LogP contribution in [0.5, 0.6) is 0 Å². The van der Waals surface area contributed by atoms with Crippen LogP contribution < -0.4 is 5.32 Å². The number of hydrogen-bond acceptors (Lipinski definition) is 2. The molecule has 1 atom stereocenters. The minimum Gasteiger partial charge on any atom is -0.342 e. The summed E-state index contributed by atoms with van der Waals surface area (Å²) >= 11 is 0. The maximum absolute atomic E-state index is 13.0. The average Bonchev–Trinajstić information content (AvgIpc) is 2.82. The molecule has 0 aromatic carbocycles.